The molecule has 0 bridgehead atoms. The van der Waals surface area contributed by atoms with Gasteiger partial charge in [-0.05, 0) is 5.56 Å². The molecule has 0 spiro atoms. The number of carbonyl (C=O) groups is 2. The van der Waals surface area contributed by atoms with Crippen molar-refractivity contribution in [1.29, 1.82) is 0 Å². The summed E-state index contributed by atoms with van der Waals surface area (Å²) in [7, 11) is 0. The fourth-order valence-corrected chi connectivity index (χ4v) is 1.51. The minimum Gasteiger partial charge on any atom is -0.481 e. The SMILES string of the molecule is O=C(O)CCNC(=O)NC[C@@H](O)Cc1ccccc1. The molecule has 4 N–H and O–H groups in total. The molecule has 0 radical (unpaired) electrons. The highest BCUT2D eigenvalue weighted by atomic mass is 16.4. The van der Waals surface area contributed by atoms with E-state index in [0.29, 0.717) is 6.42 Å². The van der Waals surface area contributed by atoms with Gasteiger partial charge in [0, 0.05) is 19.5 Å². The second kappa shape index (κ2) is 8.10. The second-order valence-electron chi connectivity index (χ2n) is 4.12. The molecule has 0 fully saturated rings. The van der Waals surface area contributed by atoms with Crippen LogP contribution < -0.4 is 10.6 Å². The molecule has 0 unspecified atom stereocenters. The van der Waals surface area contributed by atoms with Crippen LogP contribution in [0.1, 0.15) is 12.0 Å². The maximum absolute atomic E-state index is 11.3. The number of carbonyl (C=O) groups excluding carboxylic acids is 1. The van der Waals surface area contributed by atoms with Gasteiger partial charge in [-0.3, -0.25) is 4.79 Å². The Morgan fingerprint density at radius 2 is 1.84 bits per heavy atom. The molecule has 0 saturated heterocycles. The number of urea groups is 1. The summed E-state index contributed by atoms with van der Waals surface area (Å²) in [5, 5.41) is 23.0. The fourth-order valence-electron chi connectivity index (χ4n) is 1.51. The number of benzene rings is 1. The molecule has 0 aliphatic carbocycles. The normalized spacial score (nSPS) is 11.6. The molecule has 1 atom stereocenters. The number of nitrogens with one attached hydrogen (secondary N) is 2. The highest BCUT2D eigenvalue weighted by molar-refractivity contribution is 5.74. The minimum absolute atomic E-state index is 0.0654. The van der Waals surface area contributed by atoms with Gasteiger partial charge in [-0.2, -0.15) is 0 Å². The van der Waals surface area contributed by atoms with E-state index in [-0.39, 0.29) is 19.5 Å². The molecule has 104 valence electrons. The first-order valence-electron chi connectivity index (χ1n) is 6.03. The fraction of sp³-hybridized carbons (Fsp3) is 0.385. The van der Waals surface area contributed by atoms with E-state index in [4.69, 9.17) is 5.11 Å². The molecular formula is C13H18N2O4. The molecule has 0 aliphatic rings. The topological polar surface area (TPSA) is 98.7 Å². The Bertz CT molecular complexity index is 408. The number of amides is 2. The highest BCUT2D eigenvalue weighted by Gasteiger charge is 2.07. The third-order valence-corrected chi connectivity index (χ3v) is 2.44. The van der Waals surface area contributed by atoms with Crippen LogP contribution in [0.25, 0.3) is 0 Å². The van der Waals surface area contributed by atoms with Crippen molar-refractivity contribution in [1.82, 2.24) is 10.6 Å². The van der Waals surface area contributed by atoms with Gasteiger partial charge < -0.3 is 20.8 Å². The molecule has 6 heteroatoms. The van der Waals surface area contributed by atoms with Gasteiger partial charge in [0.2, 0.25) is 0 Å². The molecule has 0 aliphatic heterocycles. The molecule has 19 heavy (non-hydrogen) atoms. The minimum atomic E-state index is -0.968. The van der Waals surface area contributed by atoms with E-state index in [9.17, 15) is 14.7 Å². The summed E-state index contributed by atoms with van der Waals surface area (Å²) in [5.74, 6) is -0.968. The number of hydrogen-bond donors (Lipinski definition) is 4. The zero-order chi connectivity index (χ0) is 14.1. The van der Waals surface area contributed by atoms with Gasteiger partial charge in [0.25, 0.3) is 0 Å². The van der Waals surface area contributed by atoms with Gasteiger partial charge in [-0.1, -0.05) is 30.3 Å². The van der Waals surface area contributed by atoms with E-state index >= 15 is 0 Å². The van der Waals surface area contributed by atoms with Crippen LogP contribution in [0.2, 0.25) is 0 Å². The summed E-state index contributed by atoms with van der Waals surface area (Å²) in [6.45, 7) is 0.184. The molecule has 0 aromatic heterocycles. The van der Waals surface area contributed by atoms with E-state index < -0.39 is 18.1 Å². The largest absolute Gasteiger partial charge is 0.481 e. The smallest absolute Gasteiger partial charge is 0.314 e. The average Bonchev–Trinajstić information content (AvgIpc) is 2.37. The maximum Gasteiger partial charge on any atom is 0.314 e. The van der Waals surface area contributed by atoms with Crippen molar-refractivity contribution in [2.75, 3.05) is 13.1 Å². The molecule has 1 aromatic rings. The van der Waals surface area contributed by atoms with Crippen LogP contribution >= 0.6 is 0 Å². The Balaban J connectivity index is 2.17. The van der Waals surface area contributed by atoms with Crippen LogP contribution in [-0.4, -0.2) is 41.4 Å². The van der Waals surface area contributed by atoms with Gasteiger partial charge in [-0.15, -0.1) is 0 Å². The number of aliphatic hydroxyl groups excluding tert-OH is 1. The van der Waals surface area contributed by atoms with E-state index in [1.807, 2.05) is 30.3 Å². The van der Waals surface area contributed by atoms with Crippen molar-refractivity contribution in [3.63, 3.8) is 0 Å². The number of aliphatic carboxylic acids is 1. The molecule has 1 aromatic carbocycles. The van der Waals surface area contributed by atoms with Gasteiger partial charge >= 0.3 is 12.0 Å². The van der Waals surface area contributed by atoms with Crippen LogP contribution in [0, 0.1) is 0 Å². The van der Waals surface area contributed by atoms with Crippen molar-refractivity contribution in [2.45, 2.75) is 18.9 Å². The summed E-state index contributed by atoms with van der Waals surface area (Å²) in [6, 6.07) is 8.98. The van der Waals surface area contributed by atoms with E-state index in [1.165, 1.54) is 0 Å². The standard InChI is InChI=1S/C13H18N2O4/c16-11(8-10-4-2-1-3-5-10)9-15-13(19)14-7-6-12(17)18/h1-5,11,16H,6-9H2,(H,17,18)(H2,14,15,19)/t11-/m0/s1. The van der Waals surface area contributed by atoms with Crippen LogP contribution in [-0.2, 0) is 11.2 Å². The van der Waals surface area contributed by atoms with Gasteiger partial charge in [0.05, 0.1) is 12.5 Å². The summed E-state index contributed by atoms with van der Waals surface area (Å²) in [4.78, 5) is 21.5. The molecule has 0 saturated carbocycles. The predicted molar refractivity (Wildman–Crippen MR) is 69.8 cm³/mol. The number of hydrogen-bond acceptors (Lipinski definition) is 3. The maximum atomic E-state index is 11.3. The van der Waals surface area contributed by atoms with Crippen LogP contribution in [0.5, 0.6) is 0 Å². The van der Waals surface area contributed by atoms with E-state index in [1.54, 1.807) is 0 Å². The van der Waals surface area contributed by atoms with Crippen molar-refractivity contribution < 1.29 is 19.8 Å². The molecule has 2 amide bonds. The predicted octanol–water partition coefficient (Wildman–Crippen LogP) is 0.364. The zero-order valence-electron chi connectivity index (χ0n) is 10.5. The summed E-state index contributed by atoms with van der Waals surface area (Å²) in [6.07, 6.45) is -0.344. The Morgan fingerprint density at radius 3 is 2.47 bits per heavy atom. The number of aliphatic hydroxyl groups is 1. The molecular weight excluding hydrogens is 248 g/mol. The van der Waals surface area contributed by atoms with Crippen molar-refractivity contribution in [3.05, 3.63) is 35.9 Å². The summed E-state index contributed by atoms with van der Waals surface area (Å²) >= 11 is 0. The molecule has 6 nitrogen and oxygen atoms in total. The Morgan fingerprint density at radius 1 is 1.16 bits per heavy atom. The summed E-state index contributed by atoms with van der Waals surface area (Å²) in [5.41, 5.74) is 0.989. The average molecular weight is 266 g/mol. The number of rotatable bonds is 7. The van der Waals surface area contributed by atoms with Crippen LogP contribution in [0.3, 0.4) is 0 Å². The Hall–Kier alpha value is -2.08. The van der Waals surface area contributed by atoms with Crippen molar-refractivity contribution in [3.8, 4) is 0 Å². The first kappa shape index (κ1) is 15.0. The van der Waals surface area contributed by atoms with Gasteiger partial charge in [0.1, 0.15) is 0 Å². The lowest BCUT2D eigenvalue weighted by Gasteiger charge is -2.12. The lowest BCUT2D eigenvalue weighted by molar-refractivity contribution is -0.136. The highest BCUT2D eigenvalue weighted by Crippen LogP contribution is 2.02. The van der Waals surface area contributed by atoms with Crippen LogP contribution in [0.4, 0.5) is 4.79 Å². The van der Waals surface area contributed by atoms with Crippen LogP contribution in [0.15, 0.2) is 30.3 Å². The third-order valence-electron chi connectivity index (χ3n) is 2.44. The lowest BCUT2D eigenvalue weighted by Crippen LogP contribution is -2.40. The van der Waals surface area contributed by atoms with Gasteiger partial charge in [0.15, 0.2) is 0 Å². The Labute approximate surface area is 111 Å². The second-order valence-corrected chi connectivity index (χ2v) is 4.12. The lowest BCUT2D eigenvalue weighted by atomic mass is 10.1. The zero-order valence-corrected chi connectivity index (χ0v) is 10.5. The van der Waals surface area contributed by atoms with E-state index in [0.717, 1.165) is 5.56 Å². The first-order valence-corrected chi connectivity index (χ1v) is 6.03. The van der Waals surface area contributed by atoms with Crippen molar-refractivity contribution in [2.24, 2.45) is 0 Å². The summed E-state index contributed by atoms with van der Waals surface area (Å²) < 4.78 is 0. The molecule has 0 heterocycles. The number of carboxylic acid groups (broad SMARTS) is 1. The molecule has 1 rings (SSSR count). The quantitative estimate of drug-likeness (QED) is 0.573. The number of carboxylic acids is 1. The van der Waals surface area contributed by atoms with Gasteiger partial charge in [-0.25, -0.2) is 4.79 Å². The third kappa shape index (κ3) is 7.05. The first-order chi connectivity index (χ1) is 9.08. The monoisotopic (exact) mass is 266 g/mol. The van der Waals surface area contributed by atoms with Crippen molar-refractivity contribution >= 4 is 12.0 Å². The Kier molecular flexibility index (Phi) is 6.38. The van der Waals surface area contributed by atoms with E-state index in [2.05, 4.69) is 10.6 Å².